The molecule has 3 atom stereocenters. The van der Waals surface area contributed by atoms with Crippen LogP contribution in [0.3, 0.4) is 0 Å². The highest BCUT2D eigenvalue weighted by atomic mass is 16.5. The van der Waals surface area contributed by atoms with Gasteiger partial charge < -0.3 is 10.1 Å². The molecule has 17 heavy (non-hydrogen) atoms. The van der Waals surface area contributed by atoms with E-state index in [4.69, 9.17) is 10.00 Å². The van der Waals surface area contributed by atoms with Gasteiger partial charge in [0.1, 0.15) is 0 Å². The number of ether oxygens (including phenoxy) is 1. The summed E-state index contributed by atoms with van der Waals surface area (Å²) in [4.78, 5) is 2.46. The Hall–Kier alpha value is -0.630. The number of hydrogen-bond acceptors (Lipinski definition) is 4. The lowest BCUT2D eigenvalue weighted by Gasteiger charge is -2.32. The molecule has 0 amide bonds. The molecular formula is C13H23N3O. The van der Waals surface area contributed by atoms with E-state index >= 15 is 0 Å². The molecule has 2 saturated heterocycles. The summed E-state index contributed by atoms with van der Waals surface area (Å²) in [5, 5.41) is 12.3. The second-order valence-electron chi connectivity index (χ2n) is 5.14. The predicted octanol–water partition coefficient (Wildman–Crippen LogP) is 1.13. The molecule has 0 aromatic carbocycles. The molecule has 96 valence electrons. The molecule has 2 heterocycles. The number of rotatable bonds is 6. The minimum Gasteiger partial charge on any atom is -0.372 e. The molecule has 0 saturated carbocycles. The normalized spacial score (nSPS) is 30.1. The van der Waals surface area contributed by atoms with Gasteiger partial charge in [0.15, 0.2) is 0 Å². The van der Waals surface area contributed by atoms with Crippen LogP contribution in [0, 0.1) is 11.3 Å². The van der Waals surface area contributed by atoms with Crippen LogP contribution in [-0.4, -0.2) is 49.3 Å². The molecule has 0 aromatic rings. The van der Waals surface area contributed by atoms with Gasteiger partial charge >= 0.3 is 0 Å². The van der Waals surface area contributed by atoms with Gasteiger partial charge in [-0.05, 0) is 32.2 Å². The predicted molar refractivity (Wildman–Crippen MR) is 66.6 cm³/mol. The number of morpholine rings is 1. The minimum atomic E-state index is 0.00967. The Morgan fingerprint density at radius 2 is 2.12 bits per heavy atom. The van der Waals surface area contributed by atoms with E-state index in [1.54, 1.807) is 0 Å². The summed E-state index contributed by atoms with van der Waals surface area (Å²) in [7, 11) is 0. The maximum Gasteiger partial charge on any atom is 0.0965 e. The molecule has 3 unspecified atom stereocenters. The minimum absolute atomic E-state index is 0.00967. The van der Waals surface area contributed by atoms with E-state index in [1.807, 2.05) is 0 Å². The van der Waals surface area contributed by atoms with E-state index in [9.17, 15) is 0 Å². The van der Waals surface area contributed by atoms with Gasteiger partial charge in [-0.15, -0.1) is 0 Å². The summed E-state index contributed by atoms with van der Waals surface area (Å²) < 4.78 is 5.80. The second-order valence-corrected chi connectivity index (χ2v) is 5.14. The van der Waals surface area contributed by atoms with Crippen LogP contribution in [0.1, 0.15) is 32.6 Å². The Labute approximate surface area is 104 Å². The van der Waals surface area contributed by atoms with E-state index in [2.05, 4.69) is 23.2 Å². The van der Waals surface area contributed by atoms with Crippen molar-refractivity contribution in [2.24, 2.45) is 0 Å². The molecule has 0 spiro atoms. The largest absolute Gasteiger partial charge is 0.372 e. The lowest BCUT2D eigenvalue weighted by atomic mass is 10.2. The summed E-state index contributed by atoms with van der Waals surface area (Å²) in [6, 6.07) is 2.36. The van der Waals surface area contributed by atoms with Gasteiger partial charge in [0.05, 0.1) is 24.3 Å². The third-order valence-electron chi connectivity index (χ3n) is 3.65. The van der Waals surface area contributed by atoms with Gasteiger partial charge in [-0.25, -0.2) is 0 Å². The van der Waals surface area contributed by atoms with Gasteiger partial charge in [-0.1, -0.05) is 6.92 Å². The highest BCUT2D eigenvalue weighted by Crippen LogP contribution is 2.26. The number of nitriles is 1. The number of nitrogens with one attached hydrogen (secondary N) is 1. The summed E-state index contributed by atoms with van der Waals surface area (Å²) in [6.07, 6.45) is 5.36. The van der Waals surface area contributed by atoms with E-state index in [1.165, 1.54) is 12.8 Å². The molecule has 0 aliphatic carbocycles. The molecule has 2 fully saturated rings. The molecule has 2 rings (SSSR count). The Balaban J connectivity index is 1.69. The van der Waals surface area contributed by atoms with Crippen LogP contribution in [0.4, 0.5) is 0 Å². The quantitative estimate of drug-likeness (QED) is 0.752. The summed E-state index contributed by atoms with van der Waals surface area (Å²) >= 11 is 0. The zero-order valence-electron chi connectivity index (χ0n) is 10.7. The highest BCUT2D eigenvalue weighted by molar-refractivity contribution is 4.91. The van der Waals surface area contributed by atoms with Gasteiger partial charge in [-0.3, -0.25) is 4.90 Å². The van der Waals surface area contributed by atoms with E-state index in [0.717, 1.165) is 39.0 Å². The third kappa shape index (κ3) is 3.67. The van der Waals surface area contributed by atoms with E-state index < -0.39 is 0 Å². The number of nitrogens with zero attached hydrogens (tertiary/aromatic N) is 2. The zero-order valence-corrected chi connectivity index (χ0v) is 10.7. The zero-order chi connectivity index (χ0) is 12.1. The summed E-state index contributed by atoms with van der Waals surface area (Å²) in [6.45, 7) is 6.20. The van der Waals surface area contributed by atoms with Crippen molar-refractivity contribution in [3.05, 3.63) is 0 Å². The van der Waals surface area contributed by atoms with Gasteiger partial charge in [0, 0.05) is 19.6 Å². The van der Waals surface area contributed by atoms with Gasteiger partial charge in [-0.2, -0.15) is 5.26 Å². The Kier molecular flexibility index (Phi) is 4.78. The average Bonchev–Trinajstić information content (AvgIpc) is 2.69. The van der Waals surface area contributed by atoms with Gasteiger partial charge in [0.2, 0.25) is 0 Å². The maximum atomic E-state index is 9.04. The first-order valence-electron chi connectivity index (χ1n) is 6.82. The standard InChI is InChI=1S/C13H23N3O/c1-2-6-15-11(8-14)5-7-16-9-12-3-4-13(10-16)17-12/h11-13,15H,2-7,9-10H2,1H3. The number of hydrogen-bond donors (Lipinski definition) is 1. The van der Waals surface area contributed by atoms with Crippen LogP contribution in [0.25, 0.3) is 0 Å². The van der Waals surface area contributed by atoms with Crippen LogP contribution in [0.2, 0.25) is 0 Å². The van der Waals surface area contributed by atoms with Crippen LogP contribution in [0.15, 0.2) is 0 Å². The van der Waals surface area contributed by atoms with E-state index in [0.29, 0.717) is 12.2 Å². The molecule has 0 radical (unpaired) electrons. The van der Waals surface area contributed by atoms with Crippen molar-refractivity contribution in [3.8, 4) is 6.07 Å². The average molecular weight is 237 g/mol. The second kappa shape index (κ2) is 6.34. The fourth-order valence-corrected chi connectivity index (χ4v) is 2.72. The molecule has 2 bridgehead atoms. The fraction of sp³-hybridized carbons (Fsp3) is 0.923. The molecule has 2 aliphatic heterocycles. The maximum absolute atomic E-state index is 9.04. The van der Waals surface area contributed by atoms with Crippen LogP contribution in [0.5, 0.6) is 0 Å². The van der Waals surface area contributed by atoms with Crippen molar-refractivity contribution in [1.29, 1.82) is 5.26 Å². The van der Waals surface area contributed by atoms with Crippen LogP contribution < -0.4 is 5.32 Å². The van der Waals surface area contributed by atoms with Crippen molar-refractivity contribution in [2.45, 2.75) is 50.9 Å². The molecule has 4 nitrogen and oxygen atoms in total. The first-order chi connectivity index (χ1) is 8.31. The molecule has 0 aromatic heterocycles. The third-order valence-corrected chi connectivity index (χ3v) is 3.65. The molecule has 4 heteroatoms. The fourth-order valence-electron chi connectivity index (χ4n) is 2.72. The smallest absolute Gasteiger partial charge is 0.0965 e. The first kappa shape index (κ1) is 12.8. The highest BCUT2D eigenvalue weighted by Gasteiger charge is 2.33. The first-order valence-corrected chi connectivity index (χ1v) is 6.82. The van der Waals surface area contributed by atoms with Crippen molar-refractivity contribution in [3.63, 3.8) is 0 Å². The van der Waals surface area contributed by atoms with Crippen molar-refractivity contribution >= 4 is 0 Å². The Morgan fingerprint density at radius 3 is 2.71 bits per heavy atom. The van der Waals surface area contributed by atoms with Crippen LogP contribution in [-0.2, 0) is 4.74 Å². The topological polar surface area (TPSA) is 48.3 Å². The summed E-state index contributed by atoms with van der Waals surface area (Å²) in [5.41, 5.74) is 0. The lowest BCUT2D eigenvalue weighted by Crippen LogP contribution is -2.44. The SMILES string of the molecule is CCCNC(C#N)CCN1CC2CCC(C1)O2. The van der Waals surface area contributed by atoms with E-state index in [-0.39, 0.29) is 6.04 Å². The lowest BCUT2D eigenvalue weighted by molar-refractivity contribution is -0.0387. The van der Waals surface area contributed by atoms with Crippen molar-refractivity contribution in [2.75, 3.05) is 26.2 Å². The molecule has 1 N–H and O–H groups in total. The summed E-state index contributed by atoms with van der Waals surface area (Å²) in [5.74, 6) is 0. The molecule has 2 aliphatic rings. The van der Waals surface area contributed by atoms with Crippen LogP contribution >= 0.6 is 0 Å². The Bertz CT molecular complexity index is 264. The Morgan fingerprint density at radius 1 is 1.41 bits per heavy atom. The van der Waals surface area contributed by atoms with Crippen molar-refractivity contribution in [1.82, 2.24) is 10.2 Å². The molecular weight excluding hydrogens is 214 g/mol. The van der Waals surface area contributed by atoms with Crippen molar-refractivity contribution < 1.29 is 4.74 Å². The number of fused-ring (bicyclic) bond motifs is 2. The number of likely N-dealkylation sites (tertiary alicyclic amines) is 1. The monoisotopic (exact) mass is 237 g/mol. The van der Waals surface area contributed by atoms with Gasteiger partial charge in [0.25, 0.3) is 0 Å².